The van der Waals surface area contributed by atoms with E-state index < -0.39 is 0 Å². The average Bonchev–Trinajstić information content (AvgIpc) is 2.73. The highest BCUT2D eigenvalue weighted by molar-refractivity contribution is 5.99. The molecular formula is C14H16O3. The molecule has 0 spiro atoms. The molecule has 17 heavy (non-hydrogen) atoms. The topological polar surface area (TPSA) is 39.4 Å². The molecule has 1 aromatic heterocycles. The summed E-state index contributed by atoms with van der Waals surface area (Å²) in [5.74, 6) is 1.05. The lowest BCUT2D eigenvalue weighted by atomic mass is 10.1. The van der Waals surface area contributed by atoms with Crippen molar-refractivity contribution in [3.05, 3.63) is 30.0 Å². The summed E-state index contributed by atoms with van der Waals surface area (Å²) >= 11 is 0. The zero-order chi connectivity index (χ0) is 12.4. The monoisotopic (exact) mass is 232 g/mol. The van der Waals surface area contributed by atoms with E-state index in [1.165, 1.54) is 0 Å². The molecule has 2 aromatic rings. The first kappa shape index (κ1) is 11.7. The van der Waals surface area contributed by atoms with E-state index in [9.17, 15) is 4.79 Å². The molecule has 0 N–H and O–H groups in total. The Morgan fingerprint density at radius 1 is 1.41 bits per heavy atom. The molecule has 0 fully saturated rings. The number of para-hydroxylation sites is 1. The summed E-state index contributed by atoms with van der Waals surface area (Å²) in [7, 11) is 0. The molecule has 0 aliphatic heterocycles. The van der Waals surface area contributed by atoms with Gasteiger partial charge in [-0.15, -0.1) is 0 Å². The number of furan rings is 1. The first-order valence-corrected chi connectivity index (χ1v) is 5.83. The second-order valence-electron chi connectivity index (χ2n) is 4.24. The number of Topliss-reactive ketones (excluding diaryl/α,β-unsaturated/α-hetero) is 1. The van der Waals surface area contributed by atoms with Crippen molar-refractivity contribution in [1.29, 1.82) is 0 Å². The minimum atomic E-state index is -0.0638. The summed E-state index contributed by atoms with van der Waals surface area (Å²) in [6.07, 6.45) is 0. The quantitative estimate of drug-likeness (QED) is 0.755. The predicted molar refractivity (Wildman–Crippen MR) is 66.6 cm³/mol. The fourth-order valence-electron chi connectivity index (χ4n) is 1.71. The van der Waals surface area contributed by atoms with Gasteiger partial charge in [-0.3, -0.25) is 4.79 Å². The SMILES string of the molecule is CCOc1cccc2cc(C(=O)C(C)C)oc12. The predicted octanol–water partition coefficient (Wildman–Crippen LogP) is 3.67. The largest absolute Gasteiger partial charge is 0.490 e. The van der Waals surface area contributed by atoms with Crippen LogP contribution in [-0.2, 0) is 0 Å². The molecular weight excluding hydrogens is 216 g/mol. The van der Waals surface area contributed by atoms with E-state index in [0.29, 0.717) is 23.7 Å². The maximum atomic E-state index is 11.8. The van der Waals surface area contributed by atoms with Crippen LogP contribution in [0.4, 0.5) is 0 Å². The van der Waals surface area contributed by atoms with Crippen LogP contribution in [0.2, 0.25) is 0 Å². The standard InChI is InChI=1S/C14H16O3/c1-4-16-11-7-5-6-10-8-12(17-14(10)11)13(15)9(2)3/h5-9H,4H2,1-3H3. The molecule has 0 amide bonds. The molecule has 2 rings (SSSR count). The normalized spacial score (nSPS) is 11.1. The summed E-state index contributed by atoms with van der Waals surface area (Å²) in [4.78, 5) is 11.8. The van der Waals surface area contributed by atoms with Gasteiger partial charge in [-0.1, -0.05) is 26.0 Å². The first-order chi connectivity index (χ1) is 8.13. The summed E-state index contributed by atoms with van der Waals surface area (Å²) in [6, 6.07) is 7.43. The van der Waals surface area contributed by atoms with Gasteiger partial charge in [0.25, 0.3) is 0 Å². The molecule has 0 bridgehead atoms. The maximum absolute atomic E-state index is 11.8. The van der Waals surface area contributed by atoms with Crippen LogP contribution in [0.3, 0.4) is 0 Å². The Bertz CT molecular complexity index is 537. The van der Waals surface area contributed by atoms with E-state index in [1.54, 1.807) is 6.07 Å². The molecule has 0 aliphatic carbocycles. The Hall–Kier alpha value is -1.77. The van der Waals surface area contributed by atoms with Crippen molar-refractivity contribution in [2.75, 3.05) is 6.61 Å². The smallest absolute Gasteiger partial charge is 0.200 e. The third kappa shape index (κ3) is 2.18. The molecule has 3 heteroatoms. The van der Waals surface area contributed by atoms with Gasteiger partial charge in [0.15, 0.2) is 17.1 Å². The lowest BCUT2D eigenvalue weighted by Crippen LogP contribution is -2.05. The van der Waals surface area contributed by atoms with Gasteiger partial charge in [-0.25, -0.2) is 0 Å². The van der Waals surface area contributed by atoms with Gasteiger partial charge in [0.05, 0.1) is 6.61 Å². The molecule has 1 heterocycles. The summed E-state index contributed by atoms with van der Waals surface area (Å²) in [5.41, 5.74) is 0.651. The lowest BCUT2D eigenvalue weighted by molar-refractivity contribution is 0.0913. The van der Waals surface area contributed by atoms with Gasteiger partial charge < -0.3 is 9.15 Å². The number of fused-ring (bicyclic) bond motifs is 1. The molecule has 0 atom stereocenters. The van der Waals surface area contributed by atoms with Crippen molar-refractivity contribution < 1.29 is 13.9 Å². The highest BCUT2D eigenvalue weighted by Gasteiger charge is 2.17. The third-order valence-corrected chi connectivity index (χ3v) is 2.58. The number of carbonyl (C=O) groups excluding carboxylic acids is 1. The number of ketones is 1. The van der Waals surface area contributed by atoms with Crippen molar-refractivity contribution in [3.8, 4) is 5.75 Å². The number of benzene rings is 1. The van der Waals surface area contributed by atoms with Gasteiger partial charge in [0.2, 0.25) is 5.78 Å². The Labute approximate surface area is 100 Å². The van der Waals surface area contributed by atoms with Crippen LogP contribution in [0.5, 0.6) is 5.75 Å². The molecule has 3 nitrogen and oxygen atoms in total. The fourth-order valence-corrected chi connectivity index (χ4v) is 1.71. The second kappa shape index (κ2) is 4.62. The molecule has 0 saturated heterocycles. The van der Waals surface area contributed by atoms with Gasteiger partial charge >= 0.3 is 0 Å². The minimum absolute atomic E-state index is 0.0173. The van der Waals surface area contributed by atoms with Gasteiger partial charge in [-0.05, 0) is 19.1 Å². The minimum Gasteiger partial charge on any atom is -0.490 e. The Morgan fingerprint density at radius 2 is 2.18 bits per heavy atom. The molecule has 0 radical (unpaired) electrons. The van der Waals surface area contributed by atoms with Crippen LogP contribution >= 0.6 is 0 Å². The summed E-state index contributed by atoms with van der Waals surface area (Å²) in [6.45, 7) is 6.22. The highest BCUT2D eigenvalue weighted by atomic mass is 16.5. The van der Waals surface area contributed by atoms with Gasteiger partial charge in [-0.2, -0.15) is 0 Å². The van der Waals surface area contributed by atoms with Crippen molar-refractivity contribution in [2.45, 2.75) is 20.8 Å². The number of carbonyl (C=O) groups is 1. The van der Waals surface area contributed by atoms with E-state index in [4.69, 9.17) is 9.15 Å². The second-order valence-corrected chi connectivity index (χ2v) is 4.24. The highest BCUT2D eigenvalue weighted by Crippen LogP contribution is 2.29. The van der Waals surface area contributed by atoms with Crippen molar-refractivity contribution in [2.24, 2.45) is 5.92 Å². The van der Waals surface area contributed by atoms with Crippen LogP contribution in [0.15, 0.2) is 28.7 Å². The number of ether oxygens (including phenoxy) is 1. The Kier molecular flexibility index (Phi) is 3.18. The van der Waals surface area contributed by atoms with Crippen molar-refractivity contribution >= 4 is 16.8 Å². The van der Waals surface area contributed by atoms with E-state index >= 15 is 0 Å². The molecule has 0 saturated carbocycles. The third-order valence-electron chi connectivity index (χ3n) is 2.58. The van der Waals surface area contributed by atoms with Crippen LogP contribution in [-0.4, -0.2) is 12.4 Å². The average molecular weight is 232 g/mol. The molecule has 0 unspecified atom stereocenters. The Balaban J connectivity index is 2.50. The lowest BCUT2D eigenvalue weighted by Gasteiger charge is -2.02. The van der Waals surface area contributed by atoms with Gasteiger partial charge in [0.1, 0.15) is 0 Å². The van der Waals surface area contributed by atoms with Crippen LogP contribution < -0.4 is 4.74 Å². The van der Waals surface area contributed by atoms with Gasteiger partial charge in [0, 0.05) is 11.3 Å². The van der Waals surface area contributed by atoms with E-state index in [-0.39, 0.29) is 11.7 Å². The van der Waals surface area contributed by atoms with E-state index in [0.717, 1.165) is 5.39 Å². The summed E-state index contributed by atoms with van der Waals surface area (Å²) < 4.78 is 11.1. The van der Waals surface area contributed by atoms with Crippen LogP contribution in [0.1, 0.15) is 31.3 Å². The van der Waals surface area contributed by atoms with Crippen LogP contribution in [0, 0.1) is 5.92 Å². The van der Waals surface area contributed by atoms with Crippen molar-refractivity contribution in [3.63, 3.8) is 0 Å². The molecule has 0 aliphatic rings. The fraction of sp³-hybridized carbons (Fsp3) is 0.357. The first-order valence-electron chi connectivity index (χ1n) is 5.83. The molecule has 1 aromatic carbocycles. The van der Waals surface area contributed by atoms with Crippen molar-refractivity contribution in [1.82, 2.24) is 0 Å². The Morgan fingerprint density at radius 3 is 2.82 bits per heavy atom. The molecule has 90 valence electrons. The number of hydrogen-bond acceptors (Lipinski definition) is 3. The number of hydrogen-bond donors (Lipinski definition) is 0. The van der Waals surface area contributed by atoms with E-state index in [2.05, 4.69) is 0 Å². The summed E-state index contributed by atoms with van der Waals surface area (Å²) in [5, 5.41) is 0.903. The van der Waals surface area contributed by atoms with E-state index in [1.807, 2.05) is 39.0 Å². The maximum Gasteiger partial charge on any atom is 0.200 e. The number of rotatable bonds is 4. The van der Waals surface area contributed by atoms with Crippen LogP contribution in [0.25, 0.3) is 11.0 Å². The zero-order valence-corrected chi connectivity index (χ0v) is 10.3. The zero-order valence-electron chi connectivity index (χ0n) is 10.3.